The van der Waals surface area contributed by atoms with Gasteiger partial charge in [0.1, 0.15) is 11.5 Å². The highest BCUT2D eigenvalue weighted by molar-refractivity contribution is 5.41. The van der Waals surface area contributed by atoms with E-state index >= 15 is 0 Å². The van der Waals surface area contributed by atoms with E-state index in [0.29, 0.717) is 5.75 Å². The van der Waals surface area contributed by atoms with E-state index in [1.165, 1.54) is 0 Å². The van der Waals surface area contributed by atoms with E-state index in [4.69, 9.17) is 9.47 Å². The van der Waals surface area contributed by atoms with Crippen LogP contribution in [0.5, 0.6) is 11.5 Å². The fraction of sp³-hybridized carbons (Fsp3) is 0.625. The van der Waals surface area contributed by atoms with Crippen molar-refractivity contribution < 1.29 is 14.6 Å². The molecule has 2 atom stereocenters. The van der Waals surface area contributed by atoms with E-state index in [1.807, 2.05) is 18.2 Å². The minimum Gasteiger partial charge on any atom is -0.497 e. The van der Waals surface area contributed by atoms with Gasteiger partial charge in [0.15, 0.2) is 0 Å². The highest BCUT2D eigenvalue weighted by atomic mass is 16.5. The Morgan fingerprint density at radius 2 is 1.79 bits per heavy atom. The molecule has 0 heterocycles. The third-order valence-electron chi connectivity index (χ3n) is 3.23. The maximum absolute atomic E-state index is 10.5. The lowest BCUT2D eigenvalue weighted by molar-refractivity contribution is 0.0886. The van der Waals surface area contributed by atoms with E-state index in [2.05, 4.69) is 27.7 Å². The summed E-state index contributed by atoms with van der Waals surface area (Å²) in [6.45, 7) is 8.60. The molecule has 0 bridgehead atoms. The number of ether oxygens (including phenoxy) is 2. The average molecular weight is 266 g/mol. The van der Waals surface area contributed by atoms with Crippen LogP contribution < -0.4 is 9.47 Å². The largest absolute Gasteiger partial charge is 0.497 e. The monoisotopic (exact) mass is 266 g/mol. The zero-order valence-corrected chi connectivity index (χ0v) is 12.9. The van der Waals surface area contributed by atoms with Crippen LogP contribution in [0.4, 0.5) is 0 Å². The first kappa shape index (κ1) is 15.8. The second kappa shape index (κ2) is 6.29. The van der Waals surface area contributed by atoms with Gasteiger partial charge in [0.05, 0.1) is 20.3 Å². The number of aliphatic hydroxyl groups excluding tert-OH is 1. The molecule has 0 aromatic heterocycles. The molecule has 2 unspecified atom stereocenters. The molecule has 0 radical (unpaired) electrons. The van der Waals surface area contributed by atoms with Crippen LogP contribution in [0, 0.1) is 11.3 Å². The maximum Gasteiger partial charge on any atom is 0.124 e. The Morgan fingerprint density at radius 3 is 2.26 bits per heavy atom. The van der Waals surface area contributed by atoms with Gasteiger partial charge in [-0.25, -0.2) is 0 Å². The van der Waals surface area contributed by atoms with Gasteiger partial charge in [-0.15, -0.1) is 0 Å². The first-order valence-corrected chi connectivity index (χ1v) is 6.68. The predicted molar refractivity (Wildman–Crippen MR) is 77.7 cm³/mol. The Labute approximate surface area is 116 Å². The molecular formula is C16H26O3. The van der Waals surface area contributed by atoms with Crippen LogP contribution in [0.2, 0.25) is 0 Å². The summed E-state index contributed by atoms with van der Waals surface area (Å²) < 4.78 is 10.5. The molecule has 0 saturated heterocycles. The smallest absolute Gasteiger partial charge is 0.124 e. The zero-order valence-electron chi connectivity index (χ0n) is 12.9. The summed E-state index contributed by atoms with van der Waals surface area (Å²) in [5.41, 5.74) is 0.977. The van der Waals surface area contributed by atoms with Crippen molar-refractivity contribution >= 4 is 0 Å². The fourth-order valence-corrected chi connectivity index (χ4v) is 2.45. The van der Waals surface area contributed by atoms with Crippen LogP contribution in [0.15, 0.2) is 18.2 Å². The van der Waals surface area contributed by atoms with Crippen molar-refractivity contribution in [3.8, 4) is 11.5 Å². The lowest BCUT2D eigenvalue weighted by Crippen LogP contribution is -2.17. The summed E-state index contributed by atoms with van der Waals surface area (Å²) in [6.07, 6.45) is 0.387. The van der Waals surface area contributed by atoms with Crippen LogP contribution in [-0.2, 0) is 0 Å². The minimum absolute atomic E-state index is 0.154. The SMILES string of the molecule is COc1ccc(OC)c(C(O)C(C)CC(C)(C)C)c1. The Morgan fingerprint density at radius 1 is 1.16 bits per heavy atom. The summed E-state index contributed by atoms with van der Waals surface area (Å²) >= 11 is 0. The standard InChI is InChI=1S/C16H26O3/c1-11(10-16(2,3)4)15(17)13-9-12(18-5)7-8-14(13)19-6/h7-9,11,15,17H,10H2,1-6H3. The molecule has 1 aromatic rings. The highest BCUT2D eigenvalue weighted by Crippen LogP contribution is 2.37. The van der Waals surface area contributed by atoms with Gasteiger partial charge in [-0.3, -0.25) is 0 Å². The van der Waals surface area contributed by atoms with E-state index in [1.54, 1.807) is 14.2 Å². The van der Waals surface area contributed by atoms with E-state index < -0.39 is 6.10 Å². The summed E-state index contributed by atoms with van der Waals surface area (Å²) in [7, 11) is 3.24. The lowest BCUT2D eigenvalue weighted by Gasteiger charge is -2.28. The van der Waals surface area contributed by atoms with Crippen molar-refractivity contribution in [1.29, 1.82) is 0 Å². The summed E-state index contributed by atoms with van der Waals surface area (Å²) in [5, 5.41) is 10.5. The van der Waals surface area contributed by atoms with Gasteiger partial charge in [0, 0.05) is 5.56 Å². The normalized spacial score (nSPS) is 14.9. The van der Waals surface area contributed by atoms with Gasteiger partial charge < -0.3 is 14.6 Å². The molecule has 0 aliphatic heterocycles. The van der Waals surface area contributed by atoms with Crippen molar-refractivity contribution in [3.05, 3.63) is 23.8 Å². The lowest BCUT2D eigenvalue weighted by atomic mass is 9.81. The molecule has 0 spiro atoms. The summed E-state index contributed by atoms with van der Waals surface area (Å²) in [6, 6.07) is 5.52. The Balaban J connectivity index is 2.99. The number of hydrogen-bond acceptors (Lipinski definition) is 3. The molecule has 108 valence electrons. The molecule has 19 heavy (non-hydrogen) atoms. The topological polar surface area (TPSA) is 38.7 Å². The molecule has 0 saturated carbocycles. The van der Waals surface area contributed by atoms with Crippen molar-refractivity contribution in [2.24, 2.45) is 11.3 Å². The third-order valence-corrected chi connectivity index (χ3v) is 3.23. The fourth-order valence-electron chi connectivity index (χ4n) is 2.45. The van der Waals surface area contributed by atoms with Gasteiger partial charge >= 0.3 is 0 Å². The first-order chi connectivity index (χ1) is 8.78. The number of rotatable bonds is 5. The average Bonchev–Trinajstić information content (AvgIpc) is 2.35. The number of methoxy groups -OCH3 is 2. The van der Waals surface area contributed by atoms with Gasteiger partial charge in [0.2, 0.25) is 0 Å². The van der Waals surface area contributed by atoms with Crippen molar-refractivity contribution in [3.63, 3.8) is 0 Å². The van der Waals surface area contributed by atoms with Crippen molar-refractivity contribution in [2.45, 2.75) is 40.2 Å². The summed E-state index contributed by atoms with van der Waals surface area (Å²) in [5.74, 6) is 1.59. The van der Waals surface area contributed by atoms with E-state index in [0.717, 1.165) is 17.7 Å². The predicted octanol–water partition coefficient (Wildman–Crippen LogP) is 3.81. The summed E-state index contributed by atoms with van der Waals surface area (Å²) in [4.78, 5) is 0. The third kappa shape index (κ3) is 4.43. The molecule has 1 N–H and O–H groups in total. The quantitative estimate of drug-likeness (QED) is 0.880. The highest BCUT2D eigenvalue weighted by Gasteiger charge is 2.25. The van der Waals surface area contributed by atoms with E-state index in [-0.39, 0.29) is 11.3 Å². The molecule has 1 rings (SSSR count). The molecule has 3 heteroatoms. The number of aliphatic hydroxyl groups is 1. The Hall–Kier alpha value is -1.22. The first-order valence-electron chi connectivity index (χ1n) is 6.68. The van der Waals surface area contributed by atoms with Crippen LogP contribution in [0.3, 0.4) is 0 Å². The van der Waals surface area contributed by atoms with Crippen molar-refractivity contribution in [1.82, 2.24) is 0 Å². The number of hydrogen-bond donors (Lipinski definition) is 1. The molecule has 3 nitrogen and oxygen atoms in total. The second-order valence-electron chi connectivity index (χ2n) is 6.29. The van der Waals surface area contributed by atoms with Crippen LogP contribution >= 0.6 is 0 Å². The molecule has 0 fully saturated rings. The maximum atomic E-state index is 10.5. The Bertz CT molecular complexity index is 407. The van der Waals surface area contributed by atoms with Gasteiger partial charge in [-0.2, -0.15) is 0 Å². The zero-order chi connectivity index (χ0) is 14.6. The van der Waals surface area contributed by atoms with Crippen LogP contribution in [0.25, 0.3) is 0 Å². The molecule has 1 aromatic carbocycles. The van der Waals surface area contributed by atoms with Gasteiger partial charge in [-0.05, 0) is 36.0 Å². The molecule has 0 amide bonds. The van der Waals surface area contributed by atoms with Gasteiger partial charge in [-0.1, -0.05) is 27.7 Å². The molecule has 0 aliphatic rings. The second-order valence-corrected chi connectivity index (χ2v) is 6.29. The Kier molecular flexibility index (Phi) is 5.24. The van der Waals surface area contributed by atoms with Crippen LogP contribution in [-0.4, -0.2) is 19.3 Å². The van der Waals surface area contributed by atoms with Crippen molar-refractivity contribution in [2.75, 3.05) is 14.2 Å². The van der Waals surface area contributed by atoms with E-state index in [9.17, 15) is 5.11 Å². The molecular weight excluding hydrogens is 240 g/mol. The van der Waals surface area contributed by atoms with Gasteiger partial charge in [0.25, 0.3) is 0 Å². The van der Waals surface area contributed by atoms with Crippen LogP contribution in [0.1, 0.15) is 45.8 Å². The molecule has 0 aliphatic carbocycles. The number of benzene rings is 1. The minimum atomic E-state index is -0.552.